The van der Waals surface area contributed by atoms with Crippen LogP contribution >= 0.6 is 11.8 Å². The van der Waals surface area contributed by atoms with E-state index >= 15 is 0 Å². The number of carbonyl (C=O) groups excluding carboxylic acids is 2. The number of aliphatic imine (C=N–C) groups is 2. The van der Waals surface area contributed by atoms with Crippen molar-refractivity contribution in [1.29, 1.82) is 0 Å². The van der Waals surface area contributed by atoms with Crippen LogP contribution < -0.4 is 5.32 Å². The SMILES string of the molecule is CC1N=C2c3ccccc3N=C(SCC(=O)Nc3ccc(F)cc3F)N2C1=O. The quantitative estimate of drug-likeness (QED) is 0.859. The predicted molar refractivity (Wildman–Crippen MR) is 104 cm³/mol. The van der Waals surface area contributed by atoms with Crippen molar-refractivity contribution < 1.29 is 18.4 Å². The molecular weight excluding hydrogens is 386 g/mol. The van der Waals surface area contributed by atoms with Gasteiger partial charge in [-0.05, 0) is 31.2 Å². The van der Waals surface area contributed by atoms with Gasteiger partial charge in [-0.25, -0.2) is 18.7 Å². The molecule has 6 nitrogen and oxygen atoms in total. The van der Waals surface area contributed by atoms with Gasteiger partial charge in [0.15, 0.2) is 5.17 Å². The molecule has 0 aromatic heterocycles. The molecule has 0 radical (unpaired) electrons. The molecule has 2 aliphatic heterocycles. The van der Waals surface area contributed by atoms with Crippen molar-refractivity contribution in [3.8, 4) is 0 Å². The van der Waals surface area contributed by atoms with Crippen molar-refractivity contribution in [1.82, 2.24) is 4.90 Å². The van der Waals surface area contributed by atoms with Gasteiger partial charge in [0.1, 0.15) is 23.5 Å². The van der Waals surface area contributed by atoms with Crippen molar-refractivity contribution in [2.24, 2.45) is 9.98 Å². The largest absolute Gasteiger partial charge is 0.323 e. The van der Waals surface area contributed by atoms with Gasteiger partial charge in [-0.2, -0.15) is 0 Å². The lowest BCUT2D eigenvalue weighted by molar-refractivity contribution is -0.124. The van der Waals surface area contributed by atoms with Crippen LogP contribution in [0.4, 0.5) is 20.2 Å². The molecule has 142 valence electrons. The van der Waals surface area contributed by atoms with Crippen molar-refractivity contribution in [3.63, 3.8) is 0 Å². The number of hydrogen-bond acceptors (Lipinski definition) is 5. The zero-order valence-electron chi connectivity index (χ0n) is 14.6. The highest BCUT2D eigenvalue weighted by Crippen LogP contribution is 2.33. The molecule has 2 aromatic carbocycles. The molecule has 1 N–H and O–H groups in total. The Morgan fingerprint density at radius 2 is 2.04 bits per heavy atom. The number of anilines is 1. The summed E-state index contributed by atoms with van der Waals surface area (Å²) in [5.41, 5.74) is 1.30. The Balaban J connectivity index is 1.53. The lowest BCUT2D eigenvalue weighted by atomic mass is 10.1. The van der Waals surface area contributed by atoms with E-state index in [2.05, 4.69) is 15.3 Å². The monoisotopic (exact) mass is 400 g/mol. The zero-order chi connectivity index (χ0) is 19.8. The van der Waals surface area contributed by atoms with Crippen LogP contribution in [0.1, 0.15) is 12.5 Å². The summed E-state index contributed by atoms with van der Waals surface area (Å²) in [6, 6.07) is 9.67. The molecule has 0 spiro atoms. The summed E-state index contributed by atoms with van der Waals surface area (Å²) in [6.07, 6.45) is 0. The van der Waals surface area contributed by atoms with Crippen molar-refractivity contribution in [3.05, 3.63) is 59.7 Å². The second-order valence-corrected chi connectivity index (χ2v) is 7.12. The molecule has 2 aromatic rings. The summed E-state index contributed by atoms with van der Waals surface area (Å²) in [7, 11) is 0. The van der Waals surface area contributed by atoms with E-state index in [1.54, 1.807) is 13.0 Å². The first-order valence-corrected chi connectivity index (χ1v) is 9.40. The number of halogens is 2. The van der Waals surface area contributed by atoms with E-state index in [9.17, 15) is 18.4 Å². The van der Waals surface area contributed by atoms with Crippen LogP contribution in [0.25, 0.3) is 0 Å². The second kappa shape index (κ2) is 7.16. The van der Waals surface area contributed by atoms with E-state index < -0.39 is 23.6 Å². The van der Waals surface area contributed by atoms with E-state index in [0.29, 0.717) is 22.8 Å². The highest BCUT2D eigenvalue weighted by Gasteiger charge is 2.39. The molecular formula is C19H14F2N4O2S. The molecule has 4 rings (SSSR count). The number of benzene rings is 2. The molecule has 0 saturated carbocycles. The van der Waals surface area contributed by atoms with Gasteiger partial charge in [-0.1, -0.05) is 23.9 Å². The maximum Gasteiger partial charge on any atom is 0.258 e. The van der Waals surface area contributed by atoms with Crippen LogP contribution in [-0.4, -0.2) is 39.5 Å². The van der Waals surface area contributed by atoms with Crippen molar-refractivity contribution >= 4 is 46.0 Å². The minimum atomic E-state index is -0.861. The van der Waals surface area contributed by atoms with E-state index in [-0.39, 0.29) is 17.3 Å². The molecule has 28 heavy (non-hydrogen) atoms. The molecule has 0 fully saturated rings. The third-order valence-electron chi connectivity index (χ3n) is 4.20. The lowest BCUT2D eigenvalue weighted by Crippen LogP contribution is -2.41. The van der Waals surface area contributed by atoms with Gasteiger partial charge in [0.2, 0.25) is 5.91 Å². The maximum atomic E-state index is 13.7. The lowest BCUT2D eigenvalue weighted by Gasteiger charge is -2.25. The van der Waals surface area contributed by atoms with Crippen molar-refractivity contribution in [2.75, 3.05) is 11.1 Å². The second-order valence-electron chi connectivity index (χ2n) is 6.17. The fourth-order valence-electron chi connectivity index (χ4n) is 2.88. The first-order chi connectivity index (χ1) is 13.4. The Kier molecular flexibility index (Phi) is 4.68. The number of nitrogens with zero attached hydrogens (tertiary/aromatic N) is 3. The summed E-state index contributed by atoms with van der Waals surface area (Å²) in [5, 5.41) is 2.72. The van der Waals surface area contributed by atoms with Gasteiger partial charge in [-0.15, -0.1) is 0 Å². The minimum Gasteiger partial charge on any atom is -0.323 e. The number of amidine groups is 2. The molecule has 2 heterocycles. The third kappa shape index (κ3) is 3.29. The van der Waals surface area contributed by atoms with Crippen LogP contribution in [0.15, 0.2) is 52.4 Å². The number of carbonyl (C=O) groups is 2. The number of fused-ring (bicyclic) bond motifs is 3. The summed E-state index contributed by atoms with van der Waals surface area (Å²) < 4.78 is 26.7. The topological polar surface area (TPSA) is 74.1 Å². The number of para-hydroxylation sites is 1. The zero-order valence-corrected chi connectivity index (χ0v) is 15.5. The molecule has 0 saturated heterocycles. The Morgan fingerprint density at radius 3 is 2.82 bits per heavy atom. The Labute approximate surface area is 163 Å². The predicted octanol–water partition coefficient (Wildman–Crippen LogP) is 3.32. The third-order valence-corrected chi connectivity index (χ3v) is 5.13. The molecule has 1 unspecified atom stereocenters. The van der Waals surface area contributed by atoms with E-state index in [1.807, 2.05) is 18.2 Å². The van der Waals surface area contributed by atoms with Gasteiger partial charge in [-0.3, -0.25) is 14.6 Å². The van der Waals surface area contributed by atoms with Crippen LogP contribution in [-0.2, 0) is 9.59 Å². The van der Waals surface area contributed by atoms with Crippen LogP contribution in [0.3, 0.4) is 0 Å². The molecule has 2 amide bonds. The molecule has 0 aliphatic carbocycles. The van der Waals surface area contributed by atoms with Gasteiger partial charge in [0, 0.05) is 11.6 Å². The Morgan fingerprint density at radius 1 is 1.25 bits per heavy atom. The standard InChI is InChI=1S/C19H14F2N4O2S/c1-10-18(27)25-17(22-10)12-4-2-3-5-14(12)24-19(25)28-9-16(26)23-15-7-6-11(20)8-13(15)21/h2-8,10H,9H2,1H3,(H,23,26). The molecule has 2 aliphatic rings. The van der Waals surface area contributed by atoms with Crippen LogP contribution in [0.5, 0.6) is 0 Å². The van der Waals surface area contributed by atoms with E-state index in [4.69, 9.17) is 0 Å². The number of nitrogens with one attached hydrogen (secondary N) is 1. The smallest absolute Gasteiger partial charge is 0.258 e. The summed E-state index contributed by atoms with van der Waals surface area (Å²) in [5.74, 6) is -1.91. The highest BCUT2D eigenvalue weighted by molar-refractivity contribution is 8.14. The van der Waals surface area contributed by atoms with Gasteiger partial charge < -0.3 is 5.32 Å². The highest BCUT2D eigenvalue weighted by atomic mass is 32.2. The van der Waals surface area contributed by atoms with Crippen molar-refractivity contribution in [2.45, 2.75) is 13.0 Å². The van der Waals surface area contributed by atoms with Crippen LogP contribution in [0, 0.1) is 11.6 Å². The minimum absolute atomic E-state index is 0.108. The van der Waals surface area contributed by atoms with E-state index in [0.717, 1.165) is 29.5 Å². The van der Waals surface area contributed by atoms with E-state index in [1.165, 1.54) is 4.90 Å². The number of amides is 2. The Hall–Kier alpha value is -3.07. The first kappa shape index (κ1) is 18.3. The average molecular weight is 400 g/mol. The number of rotatable bonds is 3. The summed E-state index contributed by atoms with van der Waals surface area (Å²) in [6.45, 7) is 1.70. The fourth-order valence-corrected chi connectivity index (χ4v) is 3.68. The maximum absolute atomic E-state index is 13.7. The Bertz CT molecular complexity index is 1050. The van der Waals surface area contributed by atoms with Gasteiger partial charge in [0.25, 0.3) is 5.91 Å². The summed E-state index contributed by atoms with van der Waals surface area (Å²) in [4.78, 5) is 35.0. The molecule has 9 heteroatoms. The summed E-state index contributed by atoms with van der Waals surface area (Å²) >= 11 is 1.05. The fraction of sp³-hybridized carbons (Fsp3) is 0.158. The van der Waals surface area contributed by atoms with Gasteiger partial charge >= 0.3 is 0 Å². The van der Waals surface area contributed by atoms with Gasteiger partial charge in [0.05, 0.1) is 17.1 Å². The molecule has 0 bridgehead atoms. The van der Waals surface area contributed by atoms with Crippen LogP contribution in [0.2, 0.25) is 0 Å². The average Bonchev–Trinajstić information content (AvgIpc) is 2.97. The first-order valence-electron chi connectivity index (χ1n) is 8.41. The number of thioether (sulfide) groups is 1. The molecule has 1 atom stereocenters. The normalized spacial score (nSPS) is 17.6. The number of hydrogen-bond donors (Lipinski definition) is 1.